The van der Waals surface area contributed by atoms with Crippen molar-refractivity contribution in [2.75, 3.05) is 0 Å². The molecule has 0 saturated carbocycles. The predicted molar refractivity (Wildman–Crippen MR) is 113 cm³/mol. The van der Waals surface area contributed by atoms with Gasteiger partial charge in [-0.2, -0.15) is 0 Å². The van der Waals surface area contributed by atoms with Gasteiger partial charge < -0.3 is 9.84 Å². The highest BCUT2D eigenvalue weighted by Gasteiger charge is 2.28. The second-order valence-electron chi connectivity index (χ2n) is 6.79. The molecule has 0 saturated heterocycles. The van der Waals surface area contributed by atoms with Gasteiger partial charge in [-0.05, 0) is 36.6 Å². The SMILES string of the molecule is CCc1nc(C)c(C(=O)O)c(-c2ccc([N+](=O)[O-])cc2)c1C(=O)OCc1ccccc1. The van der Waals surface area contributed by atoms with Gasteiger partial charge in [0.25, 0.3) is 5.69 Å². The highest BCUT2D eigenvalue weighted by Crippen LogP contribution is 2.33. The number of carboxylic acid groups (broad SMARTS) is 1. The number of aromatic nitrogens is 1. The van der Waals surface area contributed by atoms with Crippen LogP contribution in [0.2, 0.25) is 0 Å². The first-order chi connectivity index (χ1) is 14.8. The Hall–Kier alpha value is -4.07. The van der Waals surface area contributed by atoms with E-state index in [0.717, 1.165) is 5.56 Å². The first kappa shape index (κ1) is 21.6. The molecular formula is C23H20N2O6. The molecule has 1 heterocycles. The molecule has 0 aliphatic heterocycles. The average Bonchev–Trinajstić information content (AvgIpc) is 2.77. The van der Waals surface area contributed by atoms with E-state index in [2.05, 4.69) is 4.98 Å². The van der Waals surface area contributed by atoms with E-state index in [1.54, 1.807) is 26.0 Å². The van der Waals surface area contributed by atoms with Gasteiger partial charge in [0.15, 0.2) is 0 Å². The zero-order chi connectivity index (χ0) is 22.5. The van der Waals surface area contributed by atoms with Gasteiger partial charge in [-0.25, -0.2) is 9.59 Å². The number of aryl methyl sites for hydroxylation is 2. The number of pyridine rings is 1. The lowest BCUT2D eigenvalue weighted by Crippen LogP contribution is -2.17. The molecule has 31 heavy (non-hydrogen) atoms. The average molecular weight is 420 g/mol. The van der Waals surface area contributed by atoms with Crippen molar-refractivity contribution >= 4 is 17.6 Å². The van der Waals surface area contributed by atoms with Gasteiger partial charge in [0, 0.05) is 17.7 Å². The number of benzene rings is 2. The predicted octanol–water partition coefficient (Wildman–Crippen LogP) is 4.58. The van der Waals surface area contributed by atoms with E-state index in [4.69, 9.17) is 4.74 Å². The fourth-order valence-electron chi connectivity index (χ4n) is 3.34. The molecule has 0 bridgehead atoms. The number of rotatable bonds is 7. The fourth-order valence-corrected chi connectivity index (χ4v) is 3.34. The molecule has 8 heteroatoms. The van der Waals surface area contributed by atoms with E-state index in [1.165, 1.54) is 24.3 Å². The molecule has 1 aromatic heterocycles. The third kappa shape index (κ3) is 4.58. The highest BCUT2D eigenvalue weighted by atomic mass is 16.6. The lowest BCUT2D eigenvalue weighted by molar-refractivity contribution is -0.384. The molecule has 158 valence electrons. The molecule has 0 atom stereocenters. The summed E-state index contributed by atoms with van der Waals surface area (Å²) in [7, 11) is 0. The molecule has 3 aromatic rings. The quantitative estimate of drug-likeness (QED) is 0.337. The van der Waals surface area contributed by atoms with Gasteiger partial charge in [0.2, 0.25) is 0 Å². The molecule has 0 aliphatic rings. The van der Waals surface area contributed by atoms with Crippen molar-refractivity contribution in [2.24, 2.45) is 0 Å². The number of esters is 1. The Bertz CT molecular complexity index is 1140. The van der Waals surface area contributed by atoms with Crippen LogP contribution in [0.4, 0.5) is 5.69 Å². The smallest absolute Gasteiger partial charge is 0.340 e. The molecule has 0 fully saturated rings. The normalized spacial score (nSPS) is 10.5. The van der Waals surface area contributed by atoms with E-state index in [9.17, 15) is 24.8 Å². The molecule has 3 rings (SSSR count). The molecule has 0 amide bonds. The largest absolute Gasteiger partial charge is 0.478 e. The number of nitrogens with zero attached hydrogens (tertiary/aromatic N) is 2. The monoisotopic (exact) mass is 420 g/mol. The molecule has 0 spiro atoms. The summed E-state index contributed by atoms with van der Waals surface area (Å²) < 4.78 is 5.48. The second kappa shape index (κ2) is 9.17. The molecule has 0 unspecified atom stereocenters. The first-order valence-electron chi connectivity index (χ1n) is 9.56. The van der Waals surface area contributed by atoms with Gasteiger partial charge in [-0.15, -0.1) is 0 Å². The van der Waals surface area contributed by atoms with Crippen LogP contribution >= 0.6 is 0 Å². The number of nitro benzene ring substituents is 1. The minimum absolute atomic E-state index is 0.0127. The number of carboxylic acids is 1. The van der Waals surface area contributed by atoms with Crippen LogP contribution in [0.15, 0.2) is 54.6 Å². The number of ether oxygens (including phenoxy) is 1. The Labute approximate surface area is 178 Å². The summed E-state index contributed by atoms with van der Waals surface area (Å²) in [5, 5.41) is 20.8. The van der Waals surface area contributed by atoms with Crippen LogP contribution in [0.3, 0.4) is 0 Å². The maximum absolute atomic E-state index is 13.1. The summed E-state index contributed by atoms with van der Waals surface area (Å²) in [5.41, 5.74) is 1.69. The number of carbonyl (C=O) groups is 2. The first-order valence-corrected chi connectivity index (χ1v) is 9.56. The highest BCUT2D eigenvalue weighted by molar-refractivity contribution is 6.06. The topological polar surface area (TPSA) is 120 Å². The Morgan fingerprint density at radius 2 is 1.71 bits per heavy atom. The van der Waals surface area contributed by atoms with Gasteiger partial charge in [0.05, 0.1) is 27.4 Å². The van der Waals surface area contributed by atoms with Crippen LogP contribution in [0.5, 0.6) is 0 Å². The standard InChI is InChI=1S/C23H20N2O6/c1-3-18-21(23(28)31-13-15-7-5-4-6-8-15)20(19(22(26)27)14(2)24-18)16-9-11-17(12-10-16)25(29)30/h4-12H,3,13H2,1-2H3,(H,26,27). The van der Waals surface area contributed by atoms with Crippen molar-refractivity contribution in [2.45, 2.75) is 26.9 Å². The number of carbonyl (C=O) groups excluding carboxylic acids is 1. The molecule has 1 N–H and O–H groups in total. The molecule has 0 aliphatic carbocycles. The van der Waals surface area contributed by atoms with Crippen molar-refractivity contribution < 1.29 is 24.4 Å². The summed E-state index contributed by atoms with van der Waals surface area (Å²) in [6.45, 7) is 3.37. The molecule has 0 radical (unpaired) electrons. The van der Waals surface area contributed by atoms with Gasteiger partial charge >= 0.3 is 11.9 Å². The summed E-state index contributed by atoms with van der Waals surface area (Å²) >= 11 is 0. The van der Waals surface area contributed by atoms with Crippen LogP contribution < -0.4 is 0 Å². The Morgan fingerprint density at radius 1 is 1.06 bits per heavy atom. The summed E-state index contributed by atoms with van der Waals surface area (Å²) in [6.07, 6.45) is 0.372. The summed E-state index contributed by atoms with van der Waals surface area (Å²) in [6, 6.07) is 14.5. The Morgan fingerprint density at radius 3 is 2.26 bits per heavy atom. The number of hydrogen-bond acceptors (Lipinski definition) is 6. The van der Waals surface area contributed by atoms with Crippen molar-refractivity contribution in [3.05, 3.63) is 92.8 Å². The maximum atomic E-state index is 13.1. The van der Waals surface area contributed by atoms with Gasteiger partial charge in [-0.3, -0.25) is 15.1 Å². The zero-order valence-electron chi connectivity index (χ0n) is 17.0. The number of aromatic carboxylic acids is 1. The summed E-state index contributed by atoms with van der Waals surface area (Å²) in [5.74, 6) is -1.96. The number of non-ortho nitro benzene ring substituents is 1. The van der Waals surface area contributed by atoms with E-state index in [-0.39, 0.29) is 34.7 Å². The zero-order valence-corrected chi connectivity index (χ0v) is 17.0. The number of hydrogen-bond donors (Lipinski definition) is 1. The summed E-state index contributed by atoms with van der Waals surface area (Å²) in [4.78, 5) is 39.9. The van der Waals surface area contributed by atoms with Crippen LogP contribution in [-0.2, 0) is 17.8 Å². The van der Waals surface area contributed by atoms with Crippen LogP contribution in [0, 0.1) is 17.0 Å². The molecular weight excluding hydrogens is 400 g/mol. The third-order valence-electron chi connectivity index (χ3n) is 4.79. The van der Waals surface area contributed by atoms with Crippen LogP contribution in [-0.4, -0.2) is 27.0 Å². The van der Waals surface area contributed by atoms with Crippen LogP contribution in [0.1, 0.15) is 44.6 Å². The van der Waals surface area contributed by atoms with Crippen molar-refractivity contribution in [1.82, 2.24) is 4.98 Å². The van der Waals surface area contributed by atoms with Gasteiger partial charge in [0.1, 0.15) is 6.61 Å². The molecule has 8 nitrogen and oxygen atoms in total. The Balaban J connectivity index is 2.16. The lowest BCUT2D eigenvalue weighted by atomic mass is 9.91. The minimum Gasteiger partial charge on any atom is -0.478 e. The van der Waals surface area contributed by atoms with E-state index in [1.807, 2.05) is 18.2 Å². The number of nitro groups is 1. The maximum Gasteiger partial charge on any atom is 0.340 e. The third-order valence-corrected chi connectivity index (χ3v) is 4.79. The van der Waals surface area contributed by atoms with Crippen molar-refractivity contribution in [3.63, 3.8) is 0 Å². The van der Waals surface area contributed by atoms with E-state index < -0.39 is 16.9 Å². The van der Waals surface area contributed by atoms with Crippen LogP contribution in [0.25, 0.3) is 11.1 Å². The van der Waals surface area contributed by atoms with E-state index >= 15 is 0 Å². The molecule has 2 aromatic carbocycles. The fraction of sp³-hybridized carbons (Fsp3) is 0.174. The van der Waals surface area contributed by atoms with Gasteiger partial charge in [-0.1, -0.05) is 37.3 Å². The van der Waals surface area contributed by atoms with Crippen molar-refractivity contribution in [3.8, 4) is 11.1 Å². The lowest BCUT2D eigenvalue weighted by Gasteiger charge is -2.17. The Kier molecular flexibility index (Phi) is 6.40. The minimum atomic E-state index is -1.25. The second-order valence-corrected chi connectivity index (χ2v) is 6.79. The van der Waals surface area contributed by atoms with Crippen molar-refractivity contribution in [1.29, 1.82) is 0 Å². The van der Waals surface area contributed by atoms with E-state index in [0.29, 0.717) is 17.7 Å².